The number of methoxy groups -OCH3 is 1. The van der Waals surface area contributed by atoms with Crippen molar-refractivity contribution in [1.29, 1.82) is 0 Å². The smallest absolute Gasteiger partial charge is 0.282 e. The minimum absolute atomic E-state index is 0.100. The van der Waals surface area contributed by atoms with Crippen molar-refractivity contribution in [2.75, 3.05) is 12.5 Å². The molecular formula is C16H18N4O4. The largest absolute Gasteiger partial charge is 0.493 e. The molecule has 0 aliphatic rings. The molecule has 0 aliphatic heterocycles. The Kier molecular flexibility index (Phi) is 5.67. The number of benzene rings is 1. The van der Waals surface area contributed by atoms with Gasteiger partial charge in [-0.3, -0.25) is 15.5 Å². The summed E-state index contributed by atoms with van der Waals surface area (Å²) in [6.45, 7) is 3.72. The van der Waals surface area contributed by atoms with Crippen LogP contribution in [0.3, 0.4) is 0 Å². The van der Waals surface area contributed by atoms with Crippen LogP contribution in [0.2, 0.25) is 0 Å². The molecule has 2 aromatic rings. The first-order chi connectivity index (χ1) is 11.5. The number of hydrazone groups is 1. The SMILES string of the molecule is COc1cc([N+](=O)[O-])c(C=NNc2ccccn2)cc1OC(C)C. The van der Waals surface area contributed by atoms with E-state index in [0.717, 1.165) is 0 Å². The molecule has 0 atom stereocenters. The first kappa shape index (κ1) is 17.2. The third kappa shape index (κ3) is 4.42. The number of aromatic nitrogens is 1. The fourth-order valence-electron chi connectivity index (χ4n) is 1.93. The molecule has 8 nitrogen and oxygen atoms in total. The number of nitrogens with zero attached hydrogens (tertiary/aromatic N) is 3. The summed E-state index contributed by atoms with van der Waals surface area (Å²) >= 11 is 0. The monoisotopic (exact) mass is 330 g/mol. The predicted octanol–water partition coefficient (Wildman–Crippen LogP) is 3.23. The molecule has 1 aromatic heterocycles. The van der Waals surface area contributed by atoms with Crippen LogP contribution < -0.4 is 14.9 Å². The van der Waals surface area contributed by atoms with Crippen LogP contribution in [-0.2, 0) is 0 Å². The highest BCUT2D eigenvalue weighted by atomic mass is 16.6. The quantitative estimate of drug-likeness (QED) is 0.475. The Bertz CT molecular complexity index is 732. The van der Waals surface area contributed by atoms with Crippen molar-refractivity contribution in [3.63, 3.8) is 0 Å². The van der Waals surface area contributed by atoms with Gasteiger partial charge in [-0.2, -0.15) is 5.10 Å². The molecule has 24 heavy (non-hydrogen) atoms. The summed E-state index contributed by atoms with van der Waals surface area (Å²) in [5, 5.41) is 15.3. The molecule has 2 rings (SSSR count). The Labute approximate surface area is 139 Å². The van der Waals surface area contributed by atoms with E-state index in [1.165, 1.54) is 25.5 Å². The molecule has 1 aromatic carbocycles. The van der Waals surface area contributed by atoms with E-state index < -0.39 is 4.92 Å². The Morgan fingerprint density at radius 2 is 2.12 bits per heavy atom. The van der Waals surface area contributed by atoms with E-state index in [9.17, 15) is 10.1 Å². The van der Waals surface area contributed by atoms with Crippen LogP contribution in [0.15, 0.2) is 41.6 Å². The van der Waals surface area contributed by atoms with Gasteiger partial charge in [-0.05, 0) is 32.0 Å². The maximum absolute atomic E-state index is 11.3. The lowest BCUT2D eigenvalue weighted by molar-refractivity contribution is -0.385. The average molecular weight is 330 g/mol. The van der Waals surface area contributed by atoms with Gasteiger partial charge in [0.2, 0.25) is 0 Å². The van der Waals surface area contributed by atoms with E-state index in [1.54, 1.807) is 24.4 Å². The van der Waals surface area contributed by atoms with Crippen molar-refractivity contribution in [1.82, 2.24) is 4.98 Å². The number of ether oxygens (including phenoxy) is 2. The third-order valence-corrected chi connectivity index (χ3v) is 2.92. The lowest BCUT2D eigenvalue weighted by Crippen LogP contribution is -2.08. The molecule has 0 saturated heterocycles. The van der Waals surface area contributed by atoms with E-state index in [0.29, 0.717) is 22.9 Å². The van der Waals surface area contributed by atoms with Gasteiger partial charge >= 0.3 is 0 Å². The molecule has 0 unspecified atom stereocenters. The Hall–Kier alpha value is -3.16. The van der Waals surface area contributed by atoms with Crippen LogP contribution in [-0.4, -0.2) is 29.3 Å². The summed E-state index contributed by atoms with van der Waals surface area (Å²) < 4.78 is 10.8. The maximum Gasteiger partial charge on any atom is 0.282 e. The van der Waals surface area contributed by atoms with E-state index in [4.69, 9.17) is 9.47 Å². The van der Waals surface area contributed by atoms with Crippen LogP contribution in [0.25, 0.3) is 0 Å². The molecular weight excluding hydrogens is 312 g/mol. The van der Waals surface area contributed by atoms with Crippen LogP contribution in [0, 0.1) is 10.1 Å². The second-order valence-electron chi connectivity index (χ2n) is 5.07. The molecule has 126 valence electrons. The molecule has 1 N–H and O–H groups in total. The fraction of sp³-hybridized carbons (Fsp3) is 0.250. The van der Waals surface area contributed by atoms with E-state index in [2.05, 4.69) is 15.5 Å². The summed E-state index contributed by atoms with van der Waals surface area (Å²) in [5.41, 5.74) is 2.87. The second kappa shape index (κ2) is 7.91. The van der Waals surface area contributed by atoms with Gasteiger partial charge in [0.25, 0.3) is 5.69 Å². The van der Waals surface area contributed by atoms with Crippen molar-refractivity contribution in [3.05, 3.63) is 52.2 Å². The highest BCUT2D eigenvalue weighted by Gasteiger charge is 2.19. The van der Waals surface area contributed by atoms with Gasteiger partial charge in [0, 0.05) is 6.20 Å². The van der Waals surface area contributed by atoms with E-state index >= 15 is 0 Å². The molecule has 0 amide bonds. The Balaban J connectivity index is 2.33. The van der Waals surface area contributed by atoms with Crippen LogP contribution in [0.1, 0.15) is 19.4 Å². The maximum atomic E-state index is 11.3. The summed E-state index contributed by atoms with van der Waals surface area (Å²) in [4.78, 5) is 14.8. The van der Waals surface area contributed by atoms with Crippen molar-refractivity contribution in [3.8, 4) is 11.5 Å². The molecule has 0 spiro atoms. The summed E-state index contributed by atoms with van der Waals surface area (Å²) in [6, 6.07) is 8.15. The topological polar surface area (TPSA) is 98.9 Å². The zero-order chi connectivity index (χ0) is 17.5. The number of anilines is 1. The van der Waals surface area contributed by atoms with Gasteiger partial charge in [-0.15, -0.1) is 0 Å². The van der Waals surface area contributed by atoms with Crippen molar-refractivity contribution < 1.29 is 14.4 Å². The van der Waals surface area contributed by atoms with Crippen LogP contribution in [0.4, 0.5) is 11.5 Å². The summed E-state index contributed by atoms with van der Waals surface area (Å²) in [6.07, 6.45) is 2.86. The highest BCUT2D eigenvalue weighted by molar-refractivity contribution is 5.87. The number of nitrogens with one attached hydrogen (secondary N) is 1. The number of hydrogen-bond acceptors (Lipinski definition) is 7. The van der Waals surface area contributed by atoms with Gasteiger partial charge in [-0.1, -0.05) is 6.07 Å². The standard InChI is InChI=1S/C16H18N4O4/c1-11(2)24-15-8-12(13(20(21)22)9-14(15)23-3)10-18-19-16-6-4-5-7-17-16/h4-11H,1-3H3,(H,17,19). The van der Waals surface area contributed by atoms with Crippen LogP contribution >= 0.6 is 0 Å². The molecule has 0 bridgehead atoms. The molecule has 0 radical (unpaired) electrons. The zero-order valence-corrected chi connectivity index (χ0v) is 13.6. The fourth-order valence-corrected chi connectivity index (χ4v) is 1.93. The van der Waals surface area contributed by atoms with Crippen molar-refractivity contribution in [2.24, 2.45) is 5.10 Å². The number of nitro benzene ring substituents is 1. The van der Waals surface area contributed by atoms with E-state index in [1.807, 2.05) is 13.8 Å². The average Bonchev–Trinajstić information content (AvgIpc) is 2.55. The van der Waals surface area contributed by atoms with Gasteiger partial charge in [-0.25, -0.2) is 4.98 Å². The number of hydrogen-bond donors (Lipinski definition) is 1. The summed E-state index contributed by atoms with van der Waals surface area (Å²) in [5.74, 6) is 1.24. The second-order valence-corrected chi connectivity index (χ2v) is 5.07. The number of nitro groups is 1. The Morgan fingerprint density at radius 3 is 2.71 bits per heavy atom. The summed E-state index contributed by atoms with van der Waals surface area (Å²) in [7, 11) is 1.43. The van der Waals surface area contributed by atoms with Crippen LogP contribution in [0.5, 0.6) is 11.5 Å². The minimum atomic E-state index is -0.496. The van der Waals surface area contributed by atoms with Crippen molar-refractivity contribution >= 4 is 17.7 Å². The van der Waals surface area contributed by atoms with Gasteiger partial charge in [0.05, 0.1) is 36.0 Å². The third-order valence-electron chi connectivity index (χ3n) is 2.92. The van der Waals surface area contributed by atoms with E-state index in [-0.39, 0.29) is 11.8 Å². The molecule has 0 aliphatic carbocycles. The van der Waals surface area contributed by atoms with Gasteiger partial charge in [0.1, 0.15) is 5.82 Å². The first-order valence-electron chi connectivity index (χ1n) is 7.24. The minimum Gasteiger partial charge on any atom is -0.493 e. The van der Waals surface area contributed by atoms with Crippen molar-refractivity contribution in [2.45, 2.75) is 20.0 Å². The Morgan fingerprint density at radius 1 is 1.33 bits per heavy atom. The molecule has 1 heterocycles. The molecule has 0 fully saturated rings. The molecule has 0 saturated carbocycles. The zero-order valence-electron chi connectivity index (χ0n) is 13.6. The molecule has 8 heteroatoms. The first-order valence-corrected chi connectivity index (χ1v) is 7.24. The predicted molar refractivity (Wildman–Crippen MR) is 90.9 cm³/mol. The number of pyridine rings is 1. The van der Waals surface area contributed by atoms with Gasteiger partial charge in [0.15, 0.2) is 11.5 Å². The lowest BCUT2D eigenvalue weighted by atomic mass is 10.1. The lowest BCUT2D eigenvalue weighted by Gasteiger charge is -2.14. The van der Waals surface area contributed by atoms with Gasteiger partial charge < -0.3 is 9.47 Å². The highest BCUT2D eigenvalue weighted by Crippen LogP contribution is 2.34. The number of rotatable bonds is 7. The normalized spacial score (nSPS) is 10.8.